The summed E-state index contributed by atoms with van der Waals surface area (Å²) < 4.78 is 5.46. The molecule has 0 bridgehead atoms. The van der Waals surface area contributed by atoms with Crippen LogP contribution in [0.2, 0.25) is 0 Å². The fourth-order valence-electron chi connectivity index (χ4n) is 1.84. The summed E-state index contributed by atoms with van der Waals surface area (Å²) in [4.78, 5) is 0. The summed E-state index contributed by atoms with van der Waals surface area (Å²) in [6, 6.07) is 0. The highest BCUT2D eigenvalue weighted by Gasteiger charge is 2.32. The molecule has 1 fully saturated rings. The summed E-state index contributed by atoms with van der Waals surface area (Å²) in [5, 5.41) is 0. The summed E-state index contributed by atoms with van der Waals surface area (Å²) in [5.41, 5.74) is 5.65. The van der Waals surface area contributed by atoms with Crippen molar-refractivity contribution in [2.24, 2.45) is 5.73 Å². The molecule has 0 heterocycles. The molecule has 1 aliphatic carbocycles. The van der Waals surface area contributed by atoms with Gasteiger partial charge in [0.05, 0.1) is 5.60 Å². The first-order chi connectivity index (χ1) is 4.83. The summed E-state index contributed by atoms with van der Waals surface area (Å²) in [7, 11) is 1.81. The van der Waals surface area contributed by atoms with E-state index in [2.05, 4.69) is 0 Å². The van der Waals surface area contributed by atoms with Gasteiger partial charge >= 0.3 is 0 Å². The van der Waals surface area contributed by atoms with Crippen LogP contribution in [0.5, 0.6) is 0 Å². The third-order valence-corrected chi connectivity index (χ3v) is 2.55. The van der Waals surface area contributed by atoms with Crippen molar-refractivity contribution < 1.29 is 4.74 Å². The van der Waals surface area contributed by atoms with Crippen molar-refractivity contribution in [1.82, 2.24) is 0 Å². The van der Waals surface area contributed by atoms with Gasteiger partial charge in [-0.25, -0.2) is 0 Å². The van der Waals surface area contributed by atoms with E-state index in [1.54, 1.807) is 7.11 Å². The Hall–Kier alpha value is -0.0800. The van der Waals surface area contributed by atoms with Crippen molar-refractivity contribution in [3.63, 3.8) is 0 Å². The Balaban J connectivity index is 2.41. The lowest BCUT2D eigenvalue weighted by molar-refractivity contribution is -0.00912. The maximum atomic E-state index is 5.49. The van der Waals surface area contributed by atoms with Gasteiger partial charge in [-0.05, 0) is 25.8 Å². The summed E-state index contributed by atoms with van der Waals surface area (Å²) in [6.07, 6.45) is 6.08. The van der Waals surface area contributed by atoms with Gasteiger partial charge in [-0.15, -0.1) is 0 Å². The fourth-order valence-corrected chi connectivity index (χ4v) is 1.84. The molecule has 0 aromatic heterocycles. The zero-order chi connectivity index (χ0) is 7.45. The monoisotopic (exact) mass is 143 g/mol. The molecule has 2 N–H and O–H groups in total. The molecule has 0 aromatic carbocycles. The van der Waals surface area contributed by atoms with Gasteiger partial charge in [0.1, 0.15) is 0 Å². The van der Waals surface area contributed by atoms with Crippen molar-refractivity contribution in [1.29, 1.82) is 0 Å². The normalized spacial score (nSPS) is 23.4. The summed E-state index contributed by atoms with van der Waals surface area (Å²) in [6.45, 7) is 0.758. The van der Waals surface area contributed by atoms with Crippen LogP contribution in [0.4, 0.5) is 0 Å². The average molecular weight is 143 g/mol. The van der Waals surface area contributed by atoms with Crippen LogP contribution in [0, 0.1) is 0 Å². The molecule has 60 valence electrons. The number of nitrogens with two attached hydrogens (primary N) is 1. The second kappa shape index (κ2) is 3.35. The van der Waals surface area contributed by atoms with E-state index < -0.39 is 0 Å². The SMILES string of the molecule is COC1(CCN)CCCC1. The second-order valence-electron chi connectivity index (χ2n) is 3.13. The van der Waals surface area contributed by atoms with Crippen LogP contribution in [0.3, 0.4) is 0 Å². The third-order valence-electron chi connectivity index (χ3n) is 2.55. The average Bonchev–Trinajstić information content (AvgIpc) is 2.39. The van der Waals surface area contributed by atoms with Gasteiger partial charge in [0.2, 0.25) is 0 Å². The second-order valence-corrected chi connectivity index (χ2v) is 3.13. The molecule has 1 rings (SSSR count). The Morgan fingerprint density at radius 1 is 1.40 bits per heavy atom. The minimum absolute atomic E-state index is 0.161. The molecule has 0 atom stereocenters. The fraction of sp³-hybridized carbons (Fsp3) is 1.00. The molecule has 2 heteroatoms. The first-order valence-electron chi connectivity index (χ1n) is 4.08. The minimum atomic E-state index is 0.161. The van der Waals surface area contributed by atoms with Crippen molar-refractivity contribution in [2.75, 3.05) is 13.7 Å². The molecule has 0 spiro atoms. The van der Waals surface area contributed by atoms with E-state index in [0.29, 0.717) is 0 Å². The van der Waals surface area contributed by atoms with Gasteiger partial charge in [0, 0.05) is 7.11 Å². The molecular formula is C8H17NO. The van der Waals surface area contributed by atoms with Gasteiger partial charge < -0.3 is 10.5 Å². The maximum Gasteiger partial charge on any atom is 0.0690 e. The van der Waals surface area contributed by atoms with Crippen molar-refractivity contribution >= 4 is 0 Å². The van der Waals surface area contributed by atoms with E-state index in [-0.39, 0.29) is 5.60 Å². The largest absolute Gasteiger partial charge is 0.378 e. The highest BCUT2D eigenvalue weighted by molar-refractivity contribution is 4.85. The Labute approximate surface area is 62.7 Å². The molecule has 0 radical (unpaired) electrons. The number of methoxy groups -OCH3 is 1. The summed E-state index contributed by atoms with van der Waals surface area (Å²) >= 11 is 0. The lowest BCUT2D eigenvalue weighted by atomic mass is 9.98. The molecule has 0 unspecified atom stereocenters. The predicted octanol–water partition coefficient (Wildman–Crippen LogP) is 1.29. The van der Waals surface area contributed by atoms with Crippen LogP contribution in [0.15, 0.2) is 0 Å². The van der Waals surface area contributed by atoms with Gasteiger partial charge in [0.15, 0.2) is 0 Å². The van der Waals surface area contributed by atoms with Crippen molar-refractivity contribution in [3.05, 3.63) is 0 Å². The molecule has 0 saturated heterocycles. The Morgan fingerprint density at radius 3 is 2.40 bits per heavy atom. The minimum Gasteiger partial charge on any atom is -0.378 e. The topological polar surface area (TPSA) is 35.2 Å². The van der Waals surface area contributed by atoms with Crippen LogP contribution >= 0.6 is 0 Å². The molecular weight excluding hydrogens is 126 g/mol. The molecule has 0 aromatic rings. The molecule has 1 aliphatic rings. The van der Waals surface area contributed by atoms with Gasteiger partial charge in [-0.3, -0.25) is 0 Å². The van der Waals surface area contributed by atoms with Crippen LogP contribution in [0.1, 0.15) is 32.1 Å². The number of hydrogen-bond donors (Lipinski definition) is 1. The molecule has 0 amide bonds. The molecule has 0 aliphatic heterocycles. The predicted molar refractivity (Wildman–Crippen MR) is 41.9 cm³/mol. The van der Waals surface area contributed by atoms with E-state index in [1.165, 1.54) is 25.7 Å². The van der Waals surface area contributed by atoms with Crippen LogP contribution in [0.25, 0.3) is 0 Å². The quantitative estimate of drug-likeness (QED) is 0.646. The number of rotatable bonds is 3. The van der Waals surface area contributed by atoms with E-state index in [9.17, 15) is 0 Å². The van der Waals surface area contributed by atoms with Crippen LogP contribution in [-0.4, -0.2) is 19.3 Å². The zero-order valence-electron chi connectivity index (χ0n) is 6.73. The smallest absolute Gasteiger partial charge is 0.0690 e. The standard InChI is InChI=1S/C8H17NO/c1-10-8(6-7-9)4-2-3-5-8/h2-7,9H2,1H3. The highest BCUT2D eigenvalue weighted by Crippen LogP contribution is 2.34. The van der Waals surface area contributed by atoms with E-state index in [0.717, 1.165) is 13.0 Å². The lowest BCUT2D eigenvalue weighted by Crippen LogP contribution is -2.30. The van der Waals surface area contributed by atoms with E-state index in [1.807, 2.05) is 0 Å². The number of ether oxygens (including phenoxy) is 1. The van der Waals surface area contributed by atoms with Crippen molar-refractivity contribution in [2.45, 2.75) is 37.7 Å². The Morgan fingerprint density at radius 2 is 2.00 bits per heavy atom. The molecule has 1 saturated carbocycles. The number of hydrogen-bond acceptors (Lipinski definition) is 2. The van der Waals surface area contributed by atoms with Crippen LogP contribution in [-0.2, 0) is 4.74 Å². The molecule has 2 nitrogen and oxygen atoms in total. The first-order valence-corrected chi connectivity index (χ1v) is 4.08. The zero-order valence-corrected chi connectivity index (χ0v) is 6.73. The Kier molecular flexibility index (Phi) is 2.69. The lowest BCUT2D eigenvalue weighted by Gasteiger charge is -2.26. The van der Waals surface area contributed by atoms with Gasteiger partial charge in [-0.2, -0.15) is 0 Å². The van der Waals surface area contributed by atoms with Gasteiger partial charge in [-0.1, -0.05) is 12.8 Å². The van der Waals surface area contributed by atoms with E-state index >= 15 is 0 Å². The molecule has 10 heavy (non-hydrogen) atoms. The van der Waals surface area contributed by atoms with Crippen LogP contribution < -0.4 is 5.73 Å². The highest BCUT2D eigenvalue weighted by atomic mass is 16.5. The summed E-state index contributed by atoms with van der Waals surface area (Å²) in [5.74, 6) is 0. The first kappa shape index (κ1) is 8.02. The van der Waals surface area contributed by atoms with E-state index in [4.69, 9.17) is 10.5 Å². The third kappa shape index (κ3) is 1.50. The van der Waals surface area contributed by atoms with Gasteiger partial charge in [0.25, 0.3) is 0 Å². The Bertz CT molecular complexity index is 97.4. The van der Waals surface area contributed by atoms with Crippen molar-refractivity contribution in [3.8, 4) is 0 Å². The maximum absolute atomic E-state index is 5.49.